The van der Waals surface area contributed by atoms with E-state index in [0.29, 0.717) is 12.3 Å². The Balaban J connectivity index is 4.07. The Morgan fingerprint density at radius 1 is 1.35 bits per heavy atom. The Kier molecular flexibility index (Phi) is 9.82. The molecule has 0 bridgehead atoms. The maximum Gasteiger partial charge on any atom is 0.330 e. The van der Waals surface area contributed by atoms with Crippen molar-refractivity contribution in [3.8, 4) is 0 Å². The summed E-state index contributed by atoms with van der Waals surface area (Å²) < 4.78 is 3.71. The second kappa shape index (κ2) is 10.1. The smallest absolute Gasteiger partial charge is 0.330 e. The van der Waals surface area contributed by atoms with Crippen molar-refractivity contribution in [2.24, 2.45) is 5.92 Å². The van der Waals surface area contributed by atoms with E-state index >= 15 is 0 Å². The predicted octanol–water partition coefficient (Wildman–Crippen LogP) is 4.43. The first-order valence-electron chi connectivity index (χ1n) is 7.36. The van der Waals surface area contributed by atoms with Crippen LogP contribution in [0.4, 0.5) is 0 Å². The highest BCUT2D eigenvalue weighted by Gasteiger charge is 2.39. The van der Waals surface area contributed by atoms with Gasteiger partial charge in [0.2, 0.25) is 0 Å². The topological polar surface area (TPSA) is 43.4 Å². The van der Waals surface area contributed by atoms with E-state index in [1.54, 1.807) is 13.8 Å². The zero-order chi connectivity index (χ0) is 15.6. The second-order valence-corrected chi connectivity index (χ2v) is 6.95. The van der Waals surface area contributed by atoms with Crippen molar-refractivity contribution in [1.82, 2.24) is 0 Å². The van der Waals surface area contributed by atoms with Crippen LogP contribution in [0.15, 0.2) is 12.7 Å². The first-order valence-corrected chi connectivity index (χ1v) is 8.15. The van der Waals surface area contributed by atoms with Crippen LogP contribution in [0.3, 0.4) is 0 Å². The Morgan fingerprint density at radius 3 is 2.55 bits per heavy atom. The Bertz CT molecular complexity index is 324. The van der Waals surface area contributed by atoms with Crippen molar-refractivity contribution >= 4 is 27.7 Å². The van der Waals surface area contributed by atoms with Crippen molar-refractivity contribution in [2.75, 3.05) is 6.61 Å². The average molecular weight is 347 g/mol. The molecule has 3 nitrogen and oxygen atoms in total. The summed E-state index contributed by atoms with van der Waals surface area (Å²) in [5.74, 6) is -0.105. The van der Waals surface area contributed by atoms with Crippen molar-refractivity contribution in [1.29, 1.82) is 0 Å². The molecule has 0 spiro atoms. The van der Waals surface area contributed by atoms with Crippen LogP contribution >= 0.6 is 15.9 Å². The molecule has 0 heterocycles. The van der Waals surface area contributed by atoms with Crippen molar-refractivity contribution in [2.45, 2.75) is 63.6 Å². The van der Waals surface area contributed by atoms with Gasteiger partial charge in [-0.2, -0.15) is 0 Å². The zero-order valence-electron chi connectivity index (χ0n) is 12.9. The molecule has 4 heteroatoms. The molecule has 0 amide bonds. The minimum atomic E-state index is -1.20. The van der Waals surface area contributed by atoms with Gasteiger partial charge in [-0.25, -0.2) is 0 Å². The van der Waals surface area contributed by atoms with Gasteiger partial charge >= 0.3 is 5.97 Å². The van der Waals surface area contributed by atoms with Gasteiger partial charge in [-0.15, -0.1) is 6.58 Å². The molecule has 0 saturated carbocycles. The number of ketones is 1. The van der Waals surface area contributed by atoms with Crippen LogP contribution in [-0.4, -0.2) is 22.7 Å². The normalized spacial score (nSPS) is 15.2. The summed E-state index contributed by atoms with van der Waals surface area (Å²) in [6, 6.07) is 0. The number of carbonyl (C=O) groups excluding carboxylic acids is 2. The van der Waals surface area contributed by atoms with Gasteiger partial charge < -0.3 is 4.74 Å². The van der Waals surface area contributed by atoms with Gasteiger partial charge in [0.15, 0.2) is 10.1 Å². The van der Waals surface area contributed by atoms with E-state index in [0.717, 1.165) is 32.1 Å². The first-order chi connectivity index (χ1) is 9.36. The lowest BCUT2D eigenvalue weighted by Crippen LogP contribution is -2.39. The summed E-state index contributed by atoms with van der Waals surface area (Å²) in [5, 5.41) is 0. The lowest BCUT2D eigenvalue weighted by molar-refractivity contribution is -0.148. The minimum absolute atomic E-state index is 0.103. The molecule has 20 heavy (non-hydrogen) atoms. The largest absolute Gasteiger partial charge is 0.465 e. The molecule has 0 aliphatic rings. The summed E-state index contributed by atoms with van der Waals surface area (Å²) in [6.07, 6.45) is 7.62. The van der Waals surface area contributed by atoms with Gasteiger partial charge in [0, 0.05) is 6.42 Å². The fourth-order valence-electron chi connectivity index (χ4n) is 1.92. The maximum absolute atomic E-state index is 12.1. The van der Waals surface area contributed by atoms with Crippen molar-refractivity contribution in [3.05, 3.63) is 12.7 Å². The number of unbranched alkanes of at least 4 members (excludes halogenated alkanes) is 2. The standard InChI is InChI=1S/C16H27BrO3/c1-5-7-8-9-10-13(3)11-12-14(18)16(4,17)15(19)20-6-2/h5,13H,1,6-12H2,2-4H3. The molecule has 116 valence electrons. The van der Waals surface area contributed by atoms with E-state index in [1.807, 2.05) is 6.08 Å². The maximum atomic E-state index is 12.1. The van der Waals surface area contributed by atoms with Crippen LogP contribution < -0.4 is 0 Å². The number of Topliss-reactive ketones (excluding diaryl/α,β-unsaturated/α-hetero) is 1. The highest BCUT2D eigenvalue weighted by Crippen LogP contribution is 2.25. The Hall–Kier alpha value is -0.640. The van der Waals surface area contributed by atoms with Crippen LogP contribution in [-0.2, 0) is 14.3 Å². The minimum Gasteiger partial charge on any atom is -0.465 e. The number of alkyl halides is 1. The van der Waals surface area contributed by atoms with Gasteiger partial charge in [0.05, 0.1) is 6.61 Å². The second-order valence-electron chi connectivity index (χ2n) is 5.36. The fourth-order valence-corrected chi connectivity index (χ4v) is 2.23. The van der Waals surface area contributed by atoms with E-state index in [2.05, 4.69) is 29.4 Å². The highest BCUT2D eigenvalue weighted by molar-refractivity contribution is 9.10. The summed E-state index contributed by atoms with van der Waals surface area (Å²) in [5.41, 5.74) is 0. The fraction of sp³-hybridized carbons (Fsp3) is 0.750. The Labute approximate surface area is 131 Å². The number of rotatable bonds is 11. The molecule has 2 unspecified atom stereocenters. The van der Waals surface area contributed by atoms with Crippen LogP contribution in [0, 0.1) is 5.92 Å². The van der Waals surface area contributed by atoms with E-state index in [4.69, 9.17) is 4.74 Å². The number of ether oxygens (including phenoxy) is 1. The molecule has 0 fully saturated rings. The molecule has 0 aliphatic carbocycles. The van der Waals surface area contributed by atoms with Crippen LogP contribution in [0.2, 0.25) is 0 Å². The third kappa shape index (κ3) is 7.22. The van der Waals surface area contributed by atoms with E-state index in [9.17, 15) is 9.59 Å². The van der Waals surface area contributed by atoms with E-state index in [-0.39, 0.29) is 12.4 Å². The van der Waals surface area contributed by atoms with Crippen LogP contribution in [0.1, 0.15) is 59.3 Å². The van der Waals surface area contributed by atoms with Gasteiger partial charge in [0.25, 0.3) is 0 Å². The summed E-state index contributed by atoms with van der Waals surface area (Å²) in [7, 11) is 0. The molecule has 0 aromatic heterocycles. The lowest BCUT2D eigenvalue weighted by Gasteiger charge is -2.20. The third-order valence-electron chi connectivity index (χ3n) is 3.40. The number of hydrogen-bond donors (Lipinski definition) is 0. The SMILES string of the molecule is C=CCCCCC(C)CCC(=O)C(C)(Br)C(=O)OCC. The molecule has 0 aromatic rings. The zero-order valence-corrected chi connectivity index (χ0v) is 14.5. The molecule has 0 aromatic carbocycles. The lowest BCUT2D eigenvalue weighted by atomic mass is 9.93. The molecular weight excluding hydrogens is 320 g/mol. The molecule has 0 saturated heterocycles. The average Bonchev–Trinajstić information content (AvgIpc) is 2.41. The highest BCUT2D eigenvalue weighted by atomic mass is 79.9. The number of carbonyl (C=O) groups is 2. The molecule has 0 radical (unpaired) electrons. The molecule has 0 aliphatic heterocycles. The molecule has 0 N–H and O–H groups in total. The predicted molar refractivity (Wildman–Crippen MR) is 86.0 cm³/mol. The number of hydrogen-bond acceptors (Lipinski definition) is 3. The summed E-state index contributed by atoms with van der Waals surface area (Å²) >= 11 is 3.20. The first kappa shape index (κ1) is 19.4. The number of halogens is 1. The van der Waals surface area contributed by atoms with Crippen LogP contribution in [0.5, 0.6) is 0 Å². The summed E-state index contributed by atoms with van der Waals surface area (Å²) in [4.78, 5) is 23.8. The van der Waals surface area contributed by atoms with E-state index in [1.165, 1.54) is 0 Å². The molecular formula is C16H27BrO3. The van der Waals surface area contributed by atoms with Gasteiger partial charge in [-0.1, -0.05) is 41.8 Å². The summed E-state index contributed by atoms with van der Waals surface area (Å²) in [6.45, 7) is 9.44. The van der Waals surface area contributed by atoms with Crippen molar-refractivity contribution in [3.63, 3.8) is 0 Å². The van der Waals surface area contributed by atoms with Gasteiger partial charge in [-0.3, -0.25) is 9.59 Å². The van der Waals surface area contributed by atoms with Gasteiger partial charge in [0.1, 0.15) is 0 Å². The Morgan fingerprint density at radius 2 is 2.00 bits per heavy atom. The molecule has 0 rings (SSSR count). The van der Waals surface area contributed by atoms with Crippen LogP contribution in [0.25, 0.3) is 0 Å². The third-order valence-corrected chi connectivity index (χ3v) is 4.17. The van der Waals surface area contributed by atoms with E-state index < -0.39 is 10.3 Å². The number of esters is 1. The number of allylic oxidation sites excluding steroid dienone is 1. The quantitative estimate of drug-likeness (QED) is 0.183. The monoisotopic (exact) mass is 346 g/mol. The molecule has 2 atom stereocenters. The van der Waals surface area contributed by atoms with Gasteiger partial charge in [-0.05, 0) is 39.0 Å². The van der Waals surface area contributed by atoms with Crippen molar-refractivity contribution < 1.29 is 14.3 Å².